The Hall–Kier alpha value is -3.66. The van der Waals surface area contributed by atoms with E-state index in [1.165, 1.54) is 0 Å². The molecule has 0 aliphatic carbocycles. The van der Waals surface area contributed by atoms with Crippen molar-refractivity contribution in [3.63, 3.8) is 0 Å². The molecule has 4 rings (SSSR count). The molecule has 3 aromatic rings. The Balaban J connectivity index is 1.67. The fraction of sp³-hybridized carbons (Fsp3) is 0.214. The predicted octanol–water partition coefficient (Wildman–Crippen LogP) is 5.23. The lowest BCUT2D eigenvalue weighted by atomic mass is 9.92. The van der Waals surface area contributed by atoms with Crippen LogP contribution in [-0.2, 0) is 9.59 Å². The van der Waals surface area contributed by atoms with Crippen molar-refractivity contribution >= 4 is 11.8 Å². The number of carbonyl (C=O) groups excluding carboxylic acids is 2. The maximum absolute atomic E-state index is 13.4. The quantitative estimate of drug-likeness (QED) is 0.566. The first-order valence-corrected chi connectivity index (χ1v) is 11.1. The minimum atomic E-state index is -0.553. The molecule has 4 nitrogen and oxygen atoms in total. The van der Waals surface area contributed by atoms with Crippen LogP contribution in [0.2, 0.25) is 0 Å². The van der Waals surface area contributed by atoms with Gasteiger partial charge in [-0.2, -0.15) is 0 Å². The zero-order chi connectivity index (χ0) is 22.2. The van der Waals surface area contributed by atoms with Crippen molar-refractivity contribution in [3.05, 3.63) is 120 Å². The molecule has 4 heteroatoms. The van der Waals surface area contributed by atoms with Gasteiger partial charge in [0.25, 0.3) is 0 Å². The van der Waals surface area contributed by atoms with Gasteiger partial charge < -0.3 is 10.6 Å². The van der Waals surface area contributed by atoms with Gasteiger partial charge in [0.15, 0.2) is 0 Å². The van der Waals surface area contributed by atoms with E-state index in [-0.39, 0.29) is 30.3 Å². The minimum Gasteiger partial charge on any atom is -0.349 e. The number of rotatable bonds is 3. The van der Waals surface area contributed by atoms with Crippen molar-refractivity contribution in [2.24, 2.45) is 0 Å². The molecule has 1 heterocycles. The molecule has 0 saturated carbocycles. The first-order valence-electron chi connectivity index (χ1n) is 11.1. The van der Waals surface area contributed by atoms with E-state index in [0.717, 1.165) is 16.7 Å². The maximum atomic E-state index is 13.4. The smallest absolute Gasteiger partial charge is 0.228 e. The largest absolute Gasteiger partial charge is 0.349 e. The Bertz CT molecular complexity index is 1050. The van der Waals surface area contributed by atoms with Crippen LogP contribution >= 0.6 is 0 Å². The van der Waals surface area contributed by atoms with Crippen molar-refractivity contribution in [2.75, 3.05) is 0 Å². The van der Waals surface area contributed by atoms with Crippen molar-refractivity contribution in [3.8, 4) is 0 Å². The standard InChI is InChI=1S/C28H28N2O2/c31-27-20-24(21-12-4-1-5-13-21)28(32)30-26(23-16-8-3-9-17-23)19-11-10-18-25(29-27)22-14-6-2-7-15-22/h1-17,24-26H,18-20H2,(H,29,31)(H,30,32)/b11-10-/t24-,25-,26-/m0/s1. The van der Waals surface area contributed by atoms with Crippen molar-refractivity contribution in [2.45, 2.75) is 37.3 Å². The predicted molar refractivity (Wildman–Crippen MR) is 127 cm³/mol. The summed E-state index contributed by atoms with van der Waals surface area (Å²) in [5.74, 6) is -0.819. The third-order valence-electron chi connectivity index (χ3n) is 5.87. The molecular formula is C28H28N2O2. The fourth-order valence-electron chi connectivity index (χ4n) is 4.15. The number of nitrogens with one attached hydrogen (secondary N) is 2. The molecular weight excluding hydrogens is 396 g/mol. The Morgan fingerprint density at radius 3 is 1.50 bits per heavy atom. The van der Waals surface area contributed by atoms with Crippen molar-refractivity contribution in [1.82, 2.24) is 10.6 Å². The van der Waals surface area contributed by atoms with Gasteiger partial charge in [0, 0.05) is 6.42 Å². The van der Waals surface area contributed by atoms with Crippen LogP contribution in [0.3, 0.4) is 0 Å². The van der Waals surface area contributed by atoms with Gasteiger partial charge in [-0.3, -0.25) is 9.59 Å². The molecule has 2 amide bonds. The third kappa shape index (κ3) is 5.52. The second-order valence-electron chi connectivity index (χ2n) is 8.11. The zero-order valence-corrected chi connectivity index (χ0v) is 18.0. The zero-order valence-electron chi connectivity index (χ0n) is 18.0. The summed E-state index contributed by atoms with van der Waals surface area (Å²) in [7, 11) is 0. The number of hydrogen-bond acceptors (Lipinski definition) is 2. The van der Waals surface area contributed by atoms with Gasteiger partial charge in [0.05, 0.1) is 18.0 Å². The molecule has 3 aromatic carbocycles. The van der Waals surface area contributed by atoms with Gasteiger partial charge in [0.2, 0.25) is 11.8 Å². The van der Waals surface area contributed by atoms with E-state index in [1.54, 1.807) is 0 Å². The summed E-state index contributed by atoms with van der Waals surface area (Å²) in [4.78, 5) is 26.4. The number of hydrogen-bond donors (Lipinski definition) is 2. The van der Waals surface area contributed by atoms with Gasteiger partial charge in [-0.15, -0.1) is 0 Å². The normalized spacial score (nSPS) is 23.2. The number of amides is 2. The van der Waals surface area contributed by atoms with Crippen LogP contribution < -0.4 is 10.6 Å². The van der Waals surface area contributed by atoms with Gasteiger partial charge in [0.1, 0.15) is 0 Å². The van der Waals surface area contributed by atoms with Crippen LogP contribution in [0.25, 0.3) is 0 Å². The molecule has 162 valence electrons. The molecule has 3 atom stereocenters. The van der Waals surface area contributed by atoms with E-state index in [2.05, 4.69) is 22.8 Å². The highest BCUT2D eigenvalue weighted by molar-refractivity contribution is 5.90. The van der Waals surface area contributed by atoms with Crippen LogP contribution in [0.1, 0.15) is 54.0 Å². The molecule has 0 spiro atoms. The molecule has 2 N–H and O–H groups in total. The lowest BCUT2D eigenvalue weighted by molar-refractivity contribution is -0.128. The first-order chi connectivity index (χ1) is 15.7. The summed E-state index contributed by atoms with van der Waals surface area (Å²) in [5, 5.41) is 6.34. The van der Waals surface area contributed by atoms with E-state index in [0.29, 0.717) is 12.8 Å². The minimum absolute atomic E-state index is 0.102. The monoisotopic (exact) mass is 424 g/mol. The highest BCUT2D eigenvalue weighted by atomic mass is 16.2. The van der Waals surface area contributed by atoms with Crippen LogP contribution in [-0.4, -0.2) is 11.8 Å². The van der Waals surface area contributed by atoms with Crippen LogP contribution in [0.5, 0.6) is 0 Å². The molecule has 32 heavy (non-hydrogen) atoms. The van der Waals surface area contributed by atoms with Gasteiger partial charge in [-0.05, 0) is 29.5 Å². The van der Waals surface area contributed by atoms with Gasteiger partial charge in [-0.1, -0.05) is 103 Å². The summed E-state index contributed by atoms with van der Waals surface area (Å²) in [6, 6.07) is 29.2. The maximum Gasteiger partial charge on any atom is 0.228 e. The summed E-state index contributed by atoms with van der Waals surface area (Å²) in [6.45, 7) is 0. The van der Waals surface area contributed by atoms with E-state index in [1.807, 2.05) is 91.0 Å². The Labute approximate surface area is 189 Å². The third-order valence-corrected chi connectivity index (χ3v) is 5.87. The Morgan fingerprint density at radius 2 is 1.00 bits per heavy atom. The number of carbonyl (C=O) groups is 2. The Morgan fingerprint density at radius 1 is 0.562 bits per heavy atom. The van der Waals surface area contributed by atoms with E-state index in [4.69, 9.17) is 0 Å². The molecule has 1 aliphatic heterocycles. The van der Waals surface area contributed by atoms with Crippen molar-refractivity contribution < 1.29 is 9.59 Å². The molecule has 0 bridgehead atoms. The van der Waals surface area contributed by atoms with E-state index < -0.39 is 5.92 Å². The summed E-state index contributed by atoms with van der Waals surface area (Å²) < 4.78 is 0. The first kappa shape index (κ1) is 21.6. The molecule has 0 fully saturated rings. The lowest BCUT2D eigenvalue weighted by Crippen LogP contribution is -2.37. The molecule has 1 aliphatic rings. The Kier molecular flexibility index (Phi) is 7.13. The highest BCUT2D eigenvalue weighted by Crippen LogP contribution is 2.26. The van der Waals surface area contributed by atoms with Crippen LogP contribution in [0.4, 0.5) is 0 Å². The van der Waals surface area contributed by atoms with E-state index >= 15 is 0 Å². The average Bonchev–Trinajstić information content (AvgIpc) is 2.84. The molecule has 0 saturated heterocycles. The number of benzene rings is 3. The fourth-order valence-corrected chi connectivity index (χ4v) is 4.15. The molecule has 0 aromatic heterocycles. The second-order valence-corrected chi connectivity index (χ2v) is 8.11. The van der Waals surface area contributed by atoms with Gasteiger partial charge in [-0.25, -0.2) is 0 Å². The summed E-state index contributed by atoms with van der Waals surface area (Å²) in [5.41, 5.74) is 2.96. The lowest BCUT2D eigenvalue weighted by Gasteiger charge is -2.25. The van der Waals surface area contributed by atoms with Gasteiger partial charge >= 0.3 is 0 Å². The molecule has 0 radical (unpaired) electrons. The average molecular weight is 425 g/mol. The topological polar surface area (TPSA) is 58.2 Å². The summed E-state index contributed by atoms with van der Waals surface area (Å²) >= 11 is 0. The highest BCUT2D eigenvalue weighted by Gasteiger charge is 2.27. The summed E-state index contributed by atoms with van der Waals surface area (Å²) in [6.07, 6.45) is 5.67. The SMILES string of the molecule is O=C1C[C@@H](c2ccccc2)C(=O)N[C@H](c2ccccc2)C/C=C\C[C@@H](c2ccccc2)N1. The van der Waals surface area contributed by atoms with Crippen molar-refractivity contribution in [1.29, 1.82) is 0 Å². The van der Waals surface area contributed by atoms with Crippen LogP contribution in [0, 0.1) is 0 Å². The second kappa shape index (κ2) is 10.6. The van der Waals surface area contributed by atoms with Crippen LogP contribution in [0.15, 0.2) is 103 Å². The van der Waals surface area contributed by atoms with E-state index in [9.17, 15) is 9.59 Å². The molecule has 0 unspecified atom stereocenters.